The minimum atomic E-state index is 0.457. The van der Waals surface area contributed by atoms with Gasteiger partial charge in [-0.25, -0.2) is 0 Å². The molecular weight excluding hydrogens is 246 g/mol. The topological polar surface area (TPSA) is 21.3 Å². The van der Waals surface area contributed by atoms with E-state index in [1.807, 2.05) is 12.1 Å². The summed E-state index contributed by atoms with van der Waals surface area (Å²) >= 11 is 0. The monoisotopic (exact) mass is 269 g/mol. The normalized spacial score (nSPS) is 11.9. The summed E-state index contributed by atoms with van der Waals surface area (Å²) < 4.78 is 5.17. The highest BCUT2D eigenvalue weighted by molar-refractivity contribution is 5.50. The number of benzene rings is 2. The zero-order chi connectivity index (χ0) is 14.4. The fraction of sp³-hybridized carbons (Fsp3) is 0.333. The molecule has 2 aromatic rings. The number of aryl methyl sites for hydroxylation is 2. The molecule has 0 radical (unpaired) electrons. The Morgan fingerprint density at radius 2 is 1.75 bits per heavy atom. The van der Waals surface area contributed by atoms with Crippen molar-refractivity contribution in [3.63, 3.8) is 0 Å². The molecule has 0 fully saturated rings. The Morgan fingerprint density at radius 1 is 1.05 bits per heavy atom. The van der Waals surface area contributed by atoms with Crippen molar-refractivity contribution in [3.05, 3.63) is 59.7 Å². The second-order valence-electron chi connectivity index (χ2n) is 5.25. The van der Waals surface area contributed by atoms with Crippen molar-refractivity contribution in [2.45, 2.75) is 32.7 Å². The van der Waals surface area contributed by atoms with E-state index < -0.39 is 0 Å². The van der Waals surface area contributed by atoms with Gasteiger partial charge in [0.25, 0.3) is 0 Å². The molecule has 0 spiro atoms. The second-order valence-corrected chi connectivity index (χ2v) is 5.25. The lowest BCUT2D eigenvalue weighted by Crippen LogP contribution is -2.16. The predicted octanol–water partition coefficient (Wildman–Crippen LogP) is 4.44. The van der Waals surface area contributed by atoms with Crippen molar-refractivity contribution in [2.75, 3.05) is 12.4 Å². The first-order valence-electron chi connectivity index (χ1n) is 7.14. The van der Waals surface area contributed by atoms with Gasteiger partial charge in [0.15, 0.2) is 0 Å². The first kappa shape index (κ1) is 14.4. The van der Waals surface area contributed by atoms with Gasteiger partial charge in [-0.15, -0.1) is 0 Å². The highest BCUT2D eigenvalue weighted by atomic mass is 16.5. The fourth-order valence-electron chi connectivity index (χ4n) is 2.25. The van der Waals surface area contributed by atoms with Crippen LogP contribution in [0.4, 0.5) is 5.69 Å². The highest BCUT2D eigenvalue weighted by Crippen LogP contribution is 2.17. The van der Waals surface area contributed by atoms with Crippen LogP contribution in [0.1, 0.15) is 24.5 Å². The van der Waals surface area contributed by atoms with Gasteiger partial charge in [-0.3, -0.25) is 0 Å². The number of hydrogen-bond acceptors (Lipinski definition) is 2. The quantitative estimate of drug-likeness (QED) is 0.837. The third kappa shape index (κ3) is 4.02. The molecule has 0 saturated carbocycles. The summed E-state index contributed by atoms with van der Waals surface area (Å²) in [6.07, 6.45) is 2.19. The van der Waals surface area contributed by atoms with E-state index in [1.165, 1.54) is 16.8 Å². The van der Waals surface area contributed by atoms with Crippen LogP contribution >= 0.6 is 0 Å². The average molecular weight is 269 g/mol. The van der Waals surface area contributed by atoms with Gasteiger partial charge in [0, 0.05) is 11.7 Å². The van der Waals surface area contributed by atoms with Crippen LogP contribution in [0.25, 0.3) is 0 Å². The largest absolute Gasteiger partial charge is 0.497 e. The van der Waals surface area contributed by atoms with Crippen molar-refractivity contribution < 1.29 is 4.74 Å². The summed E-state index contributed by atoms with van der Waals surface area (Å²) in [7, 11) is 1.70. The van der Waals surface area contributed by atoms with E-state index in [1.54, 1.807) is 7.11 Å². The van der Waals surface area contributed by atoms with E-state index in [0.717, 1.165) is 18.6 Å². The van der Waals surface area contributed by atoms with Gasteiger partial charge in [-0.1, -0.05) is 30.3 Å². The van der Waals surface area contributed by atoms with Crippen molar-refractivity contribution in [1.29, 1.82) is 0 Å². The van der Waals surface area contributed by atoms with Crippen LogP contribution in [0.3, 0.4) is 0 Å². The van der Waals surface area contributed by atoms with Gasteiger partial charge in [-0.2, -0.15) is 0 Å². The van der Waals surface area contributed by atoms with Gasteiger partial charge in [0.1, 0.15) is 5.75 Å². The molecule has 106 valence electrons. The molecule has 2 rings (SSSR count). The molecule has 0 heterocycles. The van der Waals surface area contributed by atoms with Gasteiger partial charge in [-0.05, 0) is 56.0 Å². The predicted molar refractivity (Wildman–Crippen MR) is 85.6 cm³/mol. The minimum Gasteiger partial charge on any atom is -0.497 e. The Labute approximate surface area is 121 Å². The molecule has 0 bridgehead atoms. The Hall–Kier alpha value is -1.96. The lowest BCUT2D eigenvalue weighted by molar-refractivity contribution is 0.414. The molecule has 1 N–H and O–H groups in total. The number of rotatable bonds is 6. The van der Waals surface area contributed by atoms with Crippen molar-refractivity contribution in [3.8, 4) is 5.75 Å². The second kappa shape index (κ2) is 6.99. The summed E-state index contributed by atoms with van der Waals surface area (Å²) in [5.74, 6) is 0.917. The van der Waals surface area contributed by atoms with Gasteiger partial charge in [0.2, 0.25) is 0 Å². The Kier molecular flexibility index (Phi) is 5.05. The van der Waals surface area contributed by atoms with Crippen LogP contribution in [0.15, 0.2) is 48.5 Å². The van der Waals surface area contributed by atoms with Gasteiger partial charge in [0.05, 0.1) is 7.11 Å². The number of anilines is 1. The maximum Gasteiger partial charge on any atom is 0.118 e. The van der Waals surface area contributed by atoms with Crippen LogP contribution in [-0.2, 0) is 6.42 Å². The van der Waals surface area contributed by atoms with Crippen LogP contribution in [0.2, 0.25) is 0 Å². The molecule has 2 heteroatoms. The molecule has 0 saturated heterocycles. The standard InChI is InChI=1S/C18H23NO/c1-14-6-4-5-7-18(14)19-15(2)8-9-16-10-12-17(20-3)13-11-16/h4-7,10-13,15,19H,8-9H2,1-3H3. The molecule has 0 aliphatic rings. The third-order valence-corrected chi connectivity index (χ3v) is 3.57. The van der Waals surface area contributed by atoms with Crippen LogP contribution in [-0.4, -0.2) is 13.2 Å². The maximum absolute atomic E-state index is 5.17. The van der Waals surface area contributed by atoms with Gasteiger partial charge >= 0.3 is 0 Å². The van der Waals surface area contributed by atoms with Crippen LogP contribution in [0, 0.1) is 6.92 Å². The molecule has 1 unspecified atom stereocenters. The zero-order valence-corrected chi connectivity index (χ0v) is 12.5. The van der Waals surface area contributed by atoms with E-state index >= 15 is 0 Å². The smallest absolute Gasteiger partial charge is 0.118 e. The number of ether oxygens (including phenoxy) is 1. The molecule has 20 heavy (non-hydrogen) atoms. The lowest BCUT2D eigenvalue weighted by atomic mass is 10.1. The average Bonchev–Trinajstić information content (AvgIpc) is 2.48. The summed E-state index contributed by atoms with van der Waals surface area (Å²) in [5, 5.41) is 3.58. The molecule has 0 amide bonds. The Balaban J connectivity index is 1.85. The Bertz CT molecular complexity index is 533. The SMILES string of the molecule is COc1ccc(CCC(C)Nc2ccccc2C)cc1. The molecule has 0 aliphatic carbocycles. The summed E-state index contributed by atoms with van der Waals surface area (Å²) in [4.78, 5) is 0. The summed E-state index contributed by atoms with van der Waals surface area (Å²) in [6, 6.07) is 17.2. The highest BCUT2D eigenvalue weighted by Gasteiger charge is 2.04. The number of para-hydroxylation sites is 1. The molecule has 2 nitrogen and oxygen atoms in total. The third-order valence-electron chi connectivity index (χ3n) is 3.57. The summed E-state index contributed by atoms with van der Waals surface area (Å²) in [6.45, 7) is 4.37. The number of hydrogen-bond donors (Lipinski definition) is 1. The zero-order valence-electron chi connectivity index (χ0n) is 12.5. The Morgan fingerprint density at radius 3 is 2.40 bits per heavy atom. The first-order chi connectivity index (χ1) is 9.69. The van der Waals surface area contributed by atoms with E-state index in [2.05, 4.69) is 55.6 Å². The maximum atomic E-state index is 5.17. The molecular formula is C18H23NO. The van der Waals surface area contributed by atoms with E-state index in [0.29, 0.717) is 6.04 Å². The number of methoxy groups -OCH3 is 1. The van der Waals surface area contributed by atoms with E-state index in [9.17, 15) is 0 Å². The minimum absolute atomic E-state index is 0.457. The van der Waals surface area contributed by atoms with Crippen LogP contribution in [0.5, 0.6) is 5.75 Å². The van der Waals surface area contributed by atoms with E-state index in [4.69, 9.17) is 4.74 Å². The first-order valence-corrected chi connectivity index (χ1v) is 7.14. The fourth-order valence-corrected chi connectivity index (χ4v) is 2.25. The molecule has 2 aromatic carbocycles. The molecule has 0 aromatic heterocycles. The number of nitrogens with one attached hydrogen (secondary N) is 1. The van der Waals surface area contributed by atoms with Crippen molar-refractivity contribution in [1.82, 2.24) is 0 Å². The van der Waals surface area contributed by atoms with E-state index in [-0.39, 0.29) is 0 Å². The summed E-state index contributed by atoms with van der Waals surface area (Å²) in [5.41, 5.74) is 3.88. The lowest BCUT2D eigenvalue weighted by Gasteiger charge is -2.17. The van der Waals surface area contributed by atoms with Gasteiger partial charge < -0.3 is 10.1 Å². The van der Waals surface area contributed by atoms with Crippen molar-refractivity contribution >= 4 is 5.69 Å². The van der Waals surface area contributed by atoms with Crippen molar-refractivity contribution in [2.24, 2.45) is 0 Å². The molecule has 0 aliphatic heterocycles. The van der Waals surface area contributed by atoms with Crippen LogP contribution < -0.4 is 10.1 Å². The molecule has 1 atom stereocenters.